The summed E-state index contributed by atoms with van der Waals surface area (Å²) in [5.74, 6) is -2.31. The predicted molar refractivity (Wildman–Crippen MR) is 320 cm³/mol. The Morgan fingerprint density at radius 3 is 1.13 bits per heavy atom. The van der Waals surface area contributed by atoms with Gasteiger partial charge in [0, 0.05) is 12.8 Å². The van der Waals surface area contributed by atoms with E-state index in [0.717, 1.165) is 109 Å². The van der Waals surface area contributed by atoms with E-state index in [1.165, 1.54) is 96.3 Å². The number of carbonyl (C=O) groups is 3. The standard InChI is InChI=1S/C67H113NO8/c1-6-8-10-12-14-16-18-20-22-24-26-27-28-29-30-31-32-33-34-35-36-37-38-39-40-42-44-46-48-50-52-54-56-58-65(70)76-63(62-75-67(66(71)72)73-60-59-68(3,4)5)61-74-64(69)57-55-53-51-49-47-45-43-41-25-23-21-19-17-15-13-11-9-7-2/h8,10,14,16,20,22-23,25-27,29-30,32-33,35-36,38-39,63,67H,6-7,9,11-13,15,17-19,21,24,28,31,34,37,40-62H2,1-5H3/b10-8-,16-14-,22-20-,25-23-,27-26-,30-29-,33-32-,36-35-,39-38-. The summed E-state index contributed by atoms with van der Waals surface area (Å²) >= 11 is 0. The molecule has 0 aromatic rings. The molecule has 0 aliphatic heterocycles. The molecule has 0 amide bonds. The molecule has 0 aliphatic carbocycles. The smallest absolute Gasteiger partial charge is 0.306 e. The van der Waals surface area contributed by atoms with Gasteiger partial charge in [0.1, 0.15) is 13.2 Å². The van der Waals surface area contributed by atoms with Gasteiger partial charge in [0.25, 0.3) is 0 Å². The van der Waals surface area contributed by atoms with E-state index in [4.69, 9.17) is 18.9 Å². The third-order valence-corrected chi connectivity index (χ3v) is 12.8. The van der Waals surface area contributed by atoms with Crippen LogP contribution >= 0.6 is 0 Å². The second kappa shape index (κ2) is 57.1. The zero-order valence-electron chi connectivity index (χ0n) is 49.3. The van der Waals surface area contributed by atoms with Crippen molar-refractivity contribution < 1.29 is 42.9 Å². The summed E-state index contributed by atoms with van der Waals surface area (Å²) in [4.78, 5) is 37.3. The summed E-state index contributed by atoms with van der Waals surface area (Å²) in [5, 5.41) is 11.8. The van der Waals surface area contributed by atoms with Crippen LogP contribution in [-0.2, 0) is 33.3 Å². The number of carboxylic acid groups (broad SMARTS) is 1. The molecule has 9 heteroatoms. The van der Waals surface area contributed by atoms with Gasteiger partial charge in [-0.05, 0) is 103 Å². The highest BCUT2D eigenvalue weighted by atomic mass is 16.7. The number of rotatable bonds is 55. The maximum absolute atomic E-state index is 12.9. The highest BCUT2D eigenvalue weighted by molar-refractivity contribution is 5.70. The highest BCUT2D eigenvalue weighted by Crippen LogP contribution is 2.15. The Morgan fingerprint density at radius 2 is 0.750 bits per heavy atom. The molecule has 0 aliphatic rings. The quantitative estimate of drug-likeness (QED) is 0.0195. The lowest BCUT2D eigenvalue weighted by Crippen LogP contribution is -2.44. The molecule has 2 atom stereocenters. The Hall–Kier alpha value is -4.05. The van der Waals surface area contributed by atoms with E-state index in [1.807, 2.05) is 21.1 Å². The molecule has 0 bridgehead atoms. The summed E-state index contributed by atoms with van der Waals surface area (Å²) in [6.07, 6.45) is 75.6. The van der Waals surface area contributed by atoms with Gasteiger partial charge in [-0.25, -0.2) is 0 Å². The Bertz CT molecular complexity index is 1610. The second-order valence-electron chi connectivity index (χ2n) is 21.3. The summed E-state index contributed by atoms with van der Waals surface area (Å²) in [5.41, 5.74) is 0. The number of unbranched alkanes of at least 4 members (excludes halogenated alkanes) is 22. The van der Waals surface area contributed by atoms with Gasteiger partial charge in [-0.2, -0.15) is 0 Å². The van der Waals surface area contributed by atoms with Crippen molar-refractivity contribution in [1.29, 1.82) is 0 Å². The molecule has 0 rings (SSSR count). The van der Waals surface area contributed by atoms with Crippen LogP contribution in [0.5, 0.6) is 0 Å². The number of hydrogen-bond acceptors (Lipinski definition) is 8. The van der Waals surface area contributed by atoms with Crippen LogP contribution in [0.4, 0.5) is 0 Å². The number of nitrogens with zero attached hydrogens (tertiary/aromatic N) is 1. The van der Waals surface area contributed by atoms with Crippen LogP contribution in [-0.4, -0.2) is 82.3 Å². The van der Waals surface area contributed by atoms with Crippen LogP contribution in [0.2, 0.25) is 0 Å². The Balaban J connectivity index is 4.25. The van der Waals surface area contributed by atoms with Crippen LogP contribution in [0.15, 0.2) is 109 Å². The molecule has 0 aromatic carbocycles. The first-order valence-corrected chi connectivity index (χ1v) is 30.5. The van der Waals surface area contributed by atoms with Crippen molar-refractivity contribution in [2.24, 2.45) is 0 Å². The molecule has 0 saturated heterocycles. The van der Waals surface area contributed by atoms with Crippen molar-refractivity contribution in [1.82, 2.24) is 0 Å². The molecule has 0 N–H and O–H groups in total. The molecular formula is C67H113NO8. The van der Waals surface area contributed by atoms with E-state index >= 15 is 0 Å². The summed E-state index contributed by atoms with van der Waals surface area (Å²) < 4.78 is 22.7. The molecule has 76 heavy (non-hydrogen) atoms. The maximum Gasteiger partial charge on any atom is 0.306 e. The van der Waals surface area contributed by atoms with Gasteiger partial charge in [0.15, 0.2) is 12.4 Å². The molecular weight excluding hydrogens is 947 g/mol. The van der Waals surface area contributed by atoms with Crippen LogP contribution in [0.25, 0.3) is 0 Å². The van der Waals surface area contributed by atoms with Gasteiger partial charge in [-0.15, -0.1) is 0 Å². The number of carboxylic acids is 1. The number of carbonyl (C=O) groups excluding carboxylic acids is 3. The predicted octanol–water partition coefficient (Wildman–Crippen LogP) is 17.0. The normalized spacial score (nSPS) is 13.5. The van der Waals surface area contributed by atoms with E-state index in [1.54, 1.807) is 0 Å². The third kappa shape index (κ3) is 57.7. The number of allylic oxidation sites excluding steroid dienone is 18. The average Bonchev–Trinajstić information content (AvgIpc) is 3.39. The van der Waals surface area contributed by atoms with Gasteiger partial charge in [0.05, 0.1) is 40.3 Å². The molecule has 2 unspecified atom stereocenters. The average molecular weight is 1060 g/mol. The molecule has 434 valence electrons. The summed E-state index contributed by atoms with van der Waals surface area (Å²) in [7, 11) is 5.91. The van der Waals surface area contributed by atoms with E-state index in [9.17, 15) is 19.5 Å². The number of aliphatic carboxylic acids is 1. The maximum atomic E-state index is 12.9. The van der Waals surface area contributed by atoms with E-state index in [0.29, 0.717) is 17.4 Å². The minimum absolute atomic E-state index is 0.140. The Morgan fingerprint density at radius 1 is 0.408 bits per heavy atom. The lowest BCUT2D eigenvalue weighted by molar-refractivity contribution is -0.870. The molecule has 0 saturated carbocycles. The number of ether oxygens (including phenoxy) is 4. The number of esters is 2. The fourth-order valence-electron chi connectivity index (χ4n) is 8.08. The second-order valence-corrected chi connectivity index (χ2v) is 21.3. The van der Waals surface area contributed by atoms with Crippen LogP contribution < -0.4 is 5.11 Å². The van der Waals surface area contributed by atoms with Crippen molar-refractivity contribution >= 4 is 17.9 Å². The fourth-order valence-corrected chi connectivity index (χ4v) is 8.08. The van der Waals surface area contributed by atoms with Gasteiger partial charge in [-0.1, -0.05) is 232 Å². The van der Waals surface area contributed by atoms with Gasteiger partial charge in [-0.3, -0.25) is 9.59 Å². The van der Waals surface area contributed by atoms with Crippen molar-refractivity contribution in [3.63, 3.8) is 0 Å². The molecule has 0 heterocycles. The lowest BCUT2D eigenvalue weighted by atomic mass is 10.1. The molecule has 0 radical (unpaired) electrons. The Labute approximate surface area is 466 Å². The summed E-state index contributed by atoms with van der Waals surface area (Å²) in [6, 6.07) is 0. The van der Waals surface area contributed by atoms with Crippen molar-refractivity contribution in [2.45, 2.75) is 251 Å². The SMILES string of the molecule is CC/C=C\C/C=C\C/C=C\C/C=C\C/C=C\C/C=C\C/C=C\C/C=C\CCCCCCCCCCC(=O)OC(COC(=O)CCCCCCCCC/C=C\CCCCCCCCC)COC(OCC[N+](C)(C)C)C(=O)[O-]. The number of quaternary nitrogens is 1. The largest absolute Gasteiger partial charge is 0.545 e. The van der Waals surface area contributed by atoms with Crippen LogP contribution in [0.3, 0.4) is 0 Å². The lowest BCUT2D eigenvalue weighted by Gasteiger charge is -2.26. The molecule has 9 nitrogen and oxygen atoms in total. The first-order chi connectivity index (χ1) is 37.1. The van der Waals surface area contributed by atoms with Crippen molar-refractivity contribution in [3.8, 4) is 0 Å². The minimum Gasteiger partial charge on any atom is -0.545 e. The fraction of sp³-hybridized carbons (Fsp3) is 0.687. The zero-order chi connectivity index (χ0) is 55.5. The van der Waals surface area contributed by atoms with Crippen LogP contribution in [0, 0.1) is 0 Å². The van der Waals surface area contributed by atoms with Gasteiger partial charge in [0.2, 0.25) is 0 Å². The van der Waals surface area contributed by atoms with Gasteiger partial charge >= 0.3 is 11.9 Å². The van der Waals surface area contributed by atoms with E-state index in [2.05, 4.69) is 123 Å². The van der Waals surface area contributed by atoms with Gasteiger partial charge < -0.3 is 33.3 Å². The molecule has 0 spiro atoms. The third-order valence-electron chi connectivity index (χ3n) is 12.8. The molecule has 0 fully saturated rings. The number of hydrogen-bond donors (Lipinski definition) is 0. The zero-order valence-corrected chi connectivity index (χ0v) is 49.3. The highest BCUT2D eigenvalue weighted by Gasteiger charge is 2.22. The van der Waals surface area contributed by atoms with Crippen molar-refractivity contribution in [2.75, 3.05) is 47.5 Å². The minimum atomic E-state index is -1.63. The topological polar surface area (TPSA) is 111 Å². The van der Waals surface area contributed by atoms with E-state index < -0.39 is 24.3 Å². The molecule has 0 aromatic heterocycles. The van der Waals surface area contributed by atoms with Crippen LogP contribution in [0.1, 0.15) is 239 Å². The summed E-state index contributed by atoms with van der Waals surface area (Å²) in [6.45, 7) is 4.61. The number of likely N-dealkylation sites (N-methyl/N-ethyl adjacent to an activating group) is 1. The Kier molecular flexibility index (Phi) is 54.1. The first kappa shape index (κ1) is 72.0. The van der Waals surface area contributed by atoms with Crippen molar-refractivity contribution in [3.05, 3.63) is 109 Å². The monoisotopic (exact) mass is 1060 g/mol. The first-order valence-electron chi connectivity index (χ1n) is 30.5. The van der Waals surface area contributed by atoms with E-state index in [-0.39, 0.29) is 38.6 Å².